The third-order valence-electron chi connectivity index (χ3n) is 4.47. The van der Waals surface area contributed by atoms with Crippen molar-refractivity contribution in [3.63, 3.8) is 0 Å². The van der Waals surface area contributed by atoms with E-state index in [1.165, 1.54) is 11.1 Å². The van der Waals surface area contributed by atoms with Gasteiger partial charge in [0.1, 0.15) is 11.6 Å². The zero-order valence-corrected chi connectivity index (χ0v) is 15.1. The van der Waals surface area contributed by atoms with Crippen LogP contribution in [-0.4, -0.2) is 26.9 Å². The van der Waals surface area contributed by atoms with Gasteiger partial charge in [0.2, 0.25) is 0 Å². The summed E-state index contributed by atoms with van der Waals surface area (Å²) in [5.41, 5.74) is 3.38. The van der Waals surface area contributed by atoms with Gasteiger partial charge in [0.05, 0.1) is 13.7 Å². The van der Waals surface area contributed by atoms with Crippen molar-refractivity contribution in [2.45, 2.75) is 13.0 Å². The molecule has 0 radical (unpaired) electrons. The smallest absolute Gasteiger partial charge is 0.164 e. The minimum atomic E-state index is 0.691. The molecule has 0 amide bonds. The number of nitrogens with zero attached hydrogens (tertiary/aromatic N) is 4. The van der Waals surface area contributed by atoms with Crippen molar-refractivity contribution in [2.24, 2.45) is 0 Å². The van der Waals surface area contributed by atoms with Gasteiger partial charge in [-0.1, -0.05) is 42.5 Å². The van der Waals surface area contributed by atoms with Crippen molar-refractivity contribution in [1.82, 2.24) is 19.7 Å². The molecule has 0 spiro atoms. The van der Waals surface area contributed by atoms with E-state index >= 15 is 0 Å². The molecule has 27 heavy (non-hydrogen) atoms. The van der Waals surface area contributed by atoms with Gasteiger partial charge in [0.25, 0.3) is 0 Å². The van der Waals surface area contributed by atoms with Crippen LogP contribution < -0.4 is 4.74 Å². The molecule has 2 aromatic heterocycles. The number of pyridine rings is 1. The molecule has 0 unspecified atom stereocenters. The van der Waals surface area contributed by atoms with Gasteiger partial charge in [0, 0.05) is 24.4 Å². The molecule has 2 aromatic carbocycles. The van der Waals surface area contributed by atoms with Crippen LogP contribution in [0.1, 0.15) is 17.0 Å². The SMILES string of the molecule is COc1ccc(Cn2c(Cc3ccccc3)nnc2-c2ccncc2)cc1. The second kappa shape index (κ2) is 7.83. The van der Waals surface area contributed by atoms with Crippen molar-refractivity contribution < 1.29 is 4.74 Å². The maximum absolute atomic E-state index is 5.26. The lowest BCUT2D eigenvalue weighted by Crippen LogP contribution is -2.08. The Kier molecular flexibility index (Phi) is 4.92. The summed E-state index contributed by atoms with van der Waals surface area (Å²) in [7, 11) is 1.67. The van der Waals surface area contributed by atoms with E-state index in [-0.39, 0.29) is 0 Å². The van der Waals surface area contributed by atoms with E-state index in [0.29, 0.717) is 6.54 Å². The topological polar surface area (TPSA) is 52.8 Å². The lowest BCUT2D eigenvalue weighted by Gasteiger charge is -2.11. The molecule has 5 nitrogen and oxygen atoms in total. The Morgan fingerprint density at radius 2 is 1.56 bits per heavy atom. The van der Waals surface area contributed by atoms with Crippen LogP contribution in [0.4, 0.5) is 0 Å². The van der Waals surface area contributed by atoms with Crippen molar-refractivity contribution in [2.75, 3.05) is 7.11 Å². The molecular formula is C22H20N4O. The normalized spacial score (nSPS) is 10.7. The van der Waals surface area contributed by atoms with Crippen LogP contribution in [-0.2, 0) is 13.0 Å². The Bertz CT molecular complexity index is 996. The molecule has 0 aliphatic carbocycles. The van der Waals surface area contributed by atoms with Crippen LogP contribution >= 0.6 is 0 Å². The van der Waals surface area contributed by atoms with Gasteiger partial charge < -0.3 is 9.30 Å². The van der Waals surface area contributed by atoms with Crippen LogP contribution in [0.2, 0.25) is 0 Å². The first-order chi connectivity index (χ1) is 13.3. The van der Waals surface area contributed by atoms with Gasteiger partial charge in [-0.05, 0) is 35.4 Å². The Morgan fingerprint density at radius 1 is 0.815 bits per heavy atom. The standard InChI is InChI=1S/C22H20N4O/c1-27-20-9-7-18(8-10-20)16-26-21(15-17-5-3-2-4-6-17)24-25-22(26)19-11-13-23-14-12-19/h2-14H,15-16H2,1H3. The molecule has 0 saturated carbocycles. The maximum atomic E-state index is 5.26. The van der Waals surface area contributed by atoms with Crippen LogP contribution in [0.15, 0.2) is 79.1 Å². The van der Waals surface area contributed by atoms with E-state index < -0.39 is 0 Å². The molecule has 5 heteroatoms. The molecule has 4 rings (SSSR count). The summed E-state index contributed by atoms with van der Waals surface area (Å²) in [5, 5.41) is 8.96. The predicted octanol–water partition coefficient (Wildman–Crippen LogP) is 3.99. The zero-order valence-electron chi connectivity index (χ0n) is 15.1. The summed E-state index contributed by atoms with van der Waals surface area (Å²) < 4.78 is 7.43. The summed E-state index contributed by atoms with van der Waals surface area (Å²) >= 11 is 0. The summed E-state index contributed by atoms with van der Waals surface area (Å²) in [6.07, 6.45) is 4.28. The molecule has 0 saturated heterocycles. The van der Waals surface area contributed by atoms with Crippen molar-refractivity contribution in [3.8, 4) is 17.1 Å². The summed E-state index contributed by atoms with van der Waals surface area (Å²) in [5.74, 6) is 2.63. The lowest BCUT2D eigenvalue weighted by atomic mass is 10.1. The van der Waals surface area contributed by atoms with Crippen LogP contribution in [0, 0.1) is 0 Å². The van der Waals surface area contributed by atoms with Gasteiger partial charge >= 0.3 is 0 Å². The largest absolute Gasteiger partial charge is 0.497 e. The Morgan fingerprint density at radius 3 is 2.26 bits per heavy atom. The fourth-order valence-electron chi connectivity index (χ4n) is 3.04. The Balaban J connectivity index is 1.71. The van der Waals surface area contributed by atoms with Crippen molar-refractivity contribution >= 4 is 0 Å². The second-order valence-electron chi connectivity index (χ2n) is 6.27. The lowest BCUT2D eigenvalue weighted by molar-refractivity contribution is 0.414. The first kappa shape index (κ1) is 17.0. The van der Waals surface area contributed by atoms with E-state index in [2.05, 4.69) is 44.0 Å². The average Bonchev–Trinajstić information content (AvgIpc) is 3.12. The van der Waals surface area contributed by atoms with Crippen molar-refractivity contribution in [1.29, 1.82) is 0 Å². The van der Waals surface area contributed by atoms with Crippen LogP contribution in [0.25, 0.3) is 11.4 Å². The Hall–Kier alpha value is -3.47. The van der Waals surface area contributed by atoms with Gasteiger partial charge in [-0.2, -0.15) is 0 Å². The third-order valence-corrected chi connectivity index (χ3v) is 4.47. The van der Waals surface area contributed by atoms with E-state index in [1.807, 2.05) is 42.5 Å². The minimum absolute atomic E-state index is 0.691. The molecule has 0 fully saturated rings. The Labute approximate surface area is 158 Å². The fraction of sp³-hybridized carbons (Fsp3) is 0.136. The molecular weight excluding hydrogens is 336 g/mol. The number of hydrogen-bond donors (Lipinski definition) is 0. The highest BCUT2D eigenvalue weighted by atomic mass is 16.5. The molecule has 0 N–H and O–H groups in total. The number of ether oxygens (including phenoxy) is 1. The van der Waals surface area contributed by atoms with Crippen molar-refractivity contribution in [3.05, 3.63) is 96.1 Å². The van der Waals surface area contributed by atoms with Gasteiger partial charge in [0.15, 0.2) is 5.82 Å². The van der Waals surface area contributed by atoms with E-state index in [9.17, 15) is 0 Å². The number of benzene rings is 2. The number of rotatable bonds is 6. The summed E-state index contributed by atoms with van der Waals surface area (Å²) in [4.78, 5) is 4.11. The highest BCUT2D eigenvalue weighted by Gasteiger charge is 2.15. The number of aromatic nitrogens is 4. The molecule has 134 valence electrons. The molecule has 0 aliphatic heterocycles. The van der Waals surface area contributed by atoms with E-state index in [0.717, 1.165) is 29.4 Å². The van der Waals surface area contributed by atoms with Crippen LogP contribution in [0.3, 0.4) is 0 Å². The van der Waals surface area contributed by atoms with Crippen LogP contribution in [0.5, 0.6) is 5.75 Å². The van der Waals surface area contributed by atoms with E-state index in [1.54, 1.807) is 19.5 Å². The van der Waals surface area contributed by atoms with E-state index in [4.69, 9.17) is 4.74 Å². The van der Waals surface area contributed by atoms with Gasteiger partial charge in [-0.25, -0.2) is 0 Å². The summed E-state index contributed by atoms with van der Waals surface area (Å²) in [6.45, 7) is 0.691. The third kappa shape index (κ3) is 3.87. The minimum Gasteiger partial charge on any atom is -0.497 e. The zero-order chi connectivity index (χ0) is 18.5. The summed E-state index contributed by atoms with van der Waals surface area (Å²) in [6, 6.07) is 22.3. The molecule has 4 aromatic rings. The molecule has 0 bridgehead atoms. The monoisotopic (exact) mass is 356 g/mol. The maximum Gasteiger partial charge on any atom is 0.164 e. The number of methoxy groups -OCH3 is 1. The molecule has 0 atom stereocenters. The second-order valence-corrected chi connectivity index (χ2v) is 6.27. The molecule has 0 aliphatic rings. The van der Waals surface area contributed by atoms with Gasteiger partial charge in [-0.15, -0.1) is 10.2 Å². The highest BCUT2D eigenvalue weighted by molar-refractivity contribution is 5.54. The highest BCUT2D eigenvalue weighted by Crippen LogP contribution is 2.21. The fourth-order valence-corrected chi connectivity index (χ4v) is 3.04. The first-order valence-electron chi connectivity index (χ1n) is 8.83. The molecule has 2 heterocycles. The quantitative estimate of drug-likeness (QED) is 0.524. The first-order valence-corrected chi connectivity index (χ1v) is 8.83. The average molecular weight is 356 g/mol. The van der Waals surface area contributed by atoms with Gasteiger partial charge in [-0.3, -0.25) is 4.98 Å². The predicted molar refractivity (Wildman–Crippen MR) is 105 cm³/mol. The number of hydrogen-bond acceptors (Lipinski definition) is 4.